The molecule has 0 saturated carbocycles. The third-order valence-electron chi connectivity index (χ3n) is 9.39. The van der Waals surface area contributed by atoms with E-state index < -0.39 is 6.10 Å². The van der Waals surface area contributed by atoms with Gasteiger partial charge in [0.15, 0.2) is 0 Å². The zero-order valence-corrected chi connectivity index (χ0v) is 30.2. The van der Waals surface area contributed by atoms with Crippen molar-refractivity contribution in [3.8, 4) is 57.0 Å². The molecule has 13 nitrogen and oxygen atoms in total. The second kappa shape index (κ2) is 14.4. The van der Waals surface area contributed by atoms with Gasteiger partial charge in [0.25, 0.3) is 11.1 Å². The Morgan fingerprint density at radius 2 is 1.23 bits per heavy atom. The van der Waals surface area contributed by atoms with Gasteiger partial charge in [0.05, 0.1) is 29.1 Å². The van der Waals surface area contributed by atoms with Crippen molar-refractivity contribution in [2.45, 2.75) is 54.1 Å². The number of ether oxygens (including phenoxy) is 4. The van der Waals surface area contributed by atoms with E-state index in [2.05, 4.69) is 30.4 Å². The summed E-state index contributed by atoms with van der Waals surface area (Å²) < 4.78 is 22.9. The number of hydrogen-bond donors (Lipinski definition) is 3. The average molecular weight is 715 g/mol. The number of nitrogens with one attached hydrogen (secondary N) is 2. The number of benzene rings is 2. The molecule has 2 aliphatic heterocycles. The molecule has 6 aromatic rings. The summed E-state index contributed by atoms with van der Waals surface area (Å²) in [6.45, 7) is 12.1. The highest BCUT2D eigenvalue weighted by atomic mass is 16.5. The topological polar surface area (TPSA) is 174 Å². The fraction of sp³-hybridized carbons (Fsp3) is 0.250. The molecule has 13 heteroatoms. The molecule has 2 aliphatic rings. The minimum atomic E-state index is -0.753. The lowest BCUT2D eigenvalue weighted by atomic mass is 9.96. The summed E-state index contributed by atoms with van der Waals surface area (Å²) in [5, 5.41) is 23.3. The van der Waals surface area contributed by atoms with Crippen LogP contribution in [-0.2, 0) is 6.42 Å². The molecular weight excluding hydrogens is 676 g/mol. The monoisotopic (exact) mass is 714 g/mol. The number of aryl methyl sites for hydroxylation is 4. The zero-order valence-electron chi connectivity index (χ0n) is 30.2. The summed E-state index contributed by atoms with van der Waals surface area (Å²) in [4.78, 5) is 32.4. The minimum absolute atomic E-state index is 0.172. The number of pyridine rings is 2. The second-order valence-corrected chi connectivity index (χ2v) is 13.0. The number of fused-ring (bicyclic) bond motifs is 2. The Kier molecular flexibility index (Phi) is 9.50. The average Bonchev–Trinajstić information content (AvgIpc) is 3.78. The van der Waals surface area contributed by atoms with Crippen molar-refractivity contribution in [3.63, 3.8) is 0 Å². The number of aliphatic hydroxyl groups is 1. The lowest BCUT2D eigenvalue weighted by Crippen LogP contribution is -2.14. The Balaban J connectivity index is 0.000000164. The molecule has 0 radical (unpaired) electrons. The standard InChI is InChI=1S/C20H19N3O4.C20H19N3O3/c1-10-8-13(27-20-18-15(24)9-26-16(18)6-7-21-20)4-5-14(10)17-11(2)19(25)23-22-12(17)3;1-11-10-14(26-20-16-7-9-25-17(16)6-8-21-20)4-5-15(11)18-12(2)19(24)23-22-13(18)3/h4-8,15,24H,9H2,1-3H3,(H,23,25);4-6,8,10H,7,9H2,1-3H3,(H,23,24). The fourth-order valence-corrected chi connectivity index (χ4v) is 6.67. The highest BCUT2D eigenvalue weighted by Gasteiger charge is 2.28. The third-order valence-corrected chi connectivity index (χ3v) is 9.39. The van der Waals surface area contributed by atoms with Crippen molar-refractivity contribution in [2.24, 2.45) is 0 Å². The van der Waals surface area contributed by atoms with Gasteiger partial charge < -0.3 is 24.1 Å². The normalized spacial score (nSPS) is 14.0. The van der Waals surface area contributed by atoms with Gasteiger partial charge >= 0.3 is 0 Å². The Labute approximate surface area is 304 Å². The summed E-state index contributed by atoms with van der Waals surface area (Å²) in [5.74, 6) is 3.62. The first-order valence-corrected chi connectivity index (χ1v) is 17.1. The molecule has 8 rings (SSSR count). The molecular formula is C40H38N6O7. The van der Waals surface area contributed by atoms with Gasteiger partial charge in [-0.05, 0) is 100 Å². The molecule has 270 valence electrons. The van der Waals surface area contributed by atoms with Gasteiger partial charge in [0.2, 0.25) is 11.8 Å². The van der Waals surface area contributed by atoms with Crippen LogP contribution in [0.15, 0.2) is 70.5 Å². The van der Waals surface area contributed by atoms with Crippen LogP contribution in [-0.4, -0.2) is 48.7 Å². The van der Waals surface area contributed by atoms with Gasteiger partial charge in [-0.3, -0.25) is 9.59 Å². The quantitative estimate of drug-likeness (QED) is 0.173. The molecule has 0 amide bonds. The van der Waals surface area contributed by atoms with Gasteiger partial charge in [-0.1, -0.05) is 12.1 Å². The Bertz CT molecular complexity index is 2490. The van der Waals surface area contributed by atoms with E-state index >= 15 is 0 Å². The molecule has 0 bridgehead atoms. The van der Waals surface area contributed by atoms with Crippen LogP contribution < -0.4 is 30.1 Å². The molecule has 1 atom stereocenters. The van der Waals surface area contributed by atoms with Crippen molar-refractivity contribution in [1.29, 1.82) is 0 Å². The van der Waals surface area contributed by atoms with Gasteiger partial charge in [-0.25, -0.2) is 20.2 Å². The first-order chi connectivity index (χ1) is 25.5. The maximum absolute atomic E-state index is 11.9. The predicted octanol–water partition coefficient (Wildman–Crippen LogP) is 6.46. The van der Waals surface area contributed by atoms with E-state index in [4.69, 9.17) is 18.9 Å². The largest absolute Gasteiger partial charge is 0.493 e. The van der Waals surface area contributed by atoms with Crippen LogP contribution in [0.25, 0.3) is 22.3 Å². The Morgan fingerprint density at radius 3 is 1.79 bits per heavy atom. The number of aliphatic hydroxyl groups excluding tert-OH is 1. The van der Waals surface area contributed by atoms with Crippen LogP contribution in [0.4, 0.5) is 0 Å². The van der Waals surface area contributed by atoms with Crippen molar-refractivity contribution in [2.75, 3.05) is 13.2 Å². The van der Waals surface area contributed by atoms with E-state index in [1.54, 1.807) is 25.4 Å². The van der Waals surface area contributed by atoms with Crippen LogP contribution >= 0.6 is 0 Å². The molecule has 0 spiro atoms. The van der Waals surface area contributed by atoms with Gasteiger partial charge in [-0.15, -0.1) is 0 Å². The highest BCUT2D eigenvalue weighted by Crippen LogP contribution is 2.40. The fourth-order valence-electron chi connectivity index (χ4n) is 6.67. The van der Waals surface area contributed by atoms with Crippen molar-refractivity contribution in [1.82, 2.24) is 30.4 Å². The van der Waals surface area contributed by atoms with E-state index in [9.17, 15) is 14.7 Å². The van der Waals surface area contributed by atoms with Crippen molar-refractivity contribution < 1.29 is 24.1 Å². The van der Waals surface area contributed by atoms with Crippen molar-refractivity contribution >= 4 is 0 Å². The van der Waals surface area contributed by atoms with Crippen molar-refractivity contribution in [3.05, 3.63) is 126 Å². The summed E-state index contributed by atoms with van der Waals surface area (Å²) in [6.07, 6.45) is 3.32. The first kappa shape index (κ1) is 35.1. The summed E-state index contributed by atoms with van der Waals surface area (Å²) in [5.41, 5.74) is 9.55. The highest BCUT2D eigenvalue weighted by molar-refractivity contribution is 5.73. The van der Waals surface area contributed by atoms with Crippen LogP contribution in [0.2, 0.25) is 0 Å². The summed E-state index contributed by atoms with van der Waals surface area (Å²) >= 11 is 0. The molecule has 0 fully saturated rings. The number of rotatable bonds is 6. The number of nitrogens with zero attached hydrogens (tertiary/aromatic N) is 4. The minimum Gasteiger partial charge on any atom is -0.493 e. The first-order valence-electron chi connectivity index (χ1n) is 17.1. The zero-order chi connectivity index (χ0) is 37.4. The molecule has 0 saturated heterocycles. The lowest BCUT2D eigenvalue weighted by Gasteiger charge is -2.14. The third kappa shape index (κ3) is 6.86. The van der Waals surface area contributed by atoms with E-state index in [1.165, 1.54) is 0 Å². The van der Waals surface area contributed by atoms with E-state index in [0.29, 0.717) is 52.3 Å². The van der Waals surface area contributed by atoms with E-state index in [1.807, 2.05) is 77.1 Å². The molecule has 4 aromatic heterocycles. The molecule has 3 N–H and O–H groups in total. The van der Waals surface area contributed by atoms with Gasteiger partial charge in [-0.2, -0.15) is 10.2 Å². The summed E-state index contributed by atoms with van der Waals surface area (Å²) in [7, 11) is 0. The smallest absolute Gasteiger partial charge is 0.267 e. The number of aromatic amines is 2. The maximum atomic E-state index is 11.9. The SMILES string of the molecule is Cc1cc(Oc2nccc3c2C(O)CO3)ccc1-c1c(C)n[nH]c(=O)c1C.Cc1cc(Oc2nccc3c2CCO3)ccc1-c1c(C)n[nH]c(=O)c1C. The molecule has 53 heavy (non-hydrogen) atoms. The second-order valence-electron chi connectivity index (χ2n) is 13.0. The van der Waals surface area contributed by atoms with Crippen LogP contribution in [0, 0.1) is 41.5 Å². The van der Waals surface area contributed by atoms with Crippen LogP contribution in [0.1, 0.15) is 50.9 Å². The van der Waals surface area contributed by atoms with Gasteiger partial charge in [0, 0.05) is 41.1 Å². The Hall–Kier alpha value is -6.34. The number of hydrogen-bond acceptors (Lipinski definition) is 11. The predicted molar refractivity (Wildman–Crippen MR) is 197 cm³/mol. The van der Waals surface area contributed by atoms with Crippen LogP contribution in [0.3, 0.4) is 0 Å². The Morgan fingerprint density at radius 1 is 0.698 bits per heavy atom. The lowest BCUT2D eigenvalue weighted by molar-refractivity contribution is 0.139. The van der Waals surface area contributed by atoms with E-state index in [0.717, 1.165) is 62.5 Å². The van der Waals surface area contributed by atoms with Crippen LogP contribution in [0.5, 0.6) is 34.8 Å². The molecule has 2 aromatic carbocycles. The van der Waals surface area contributed by atoms with E-state index in [-0.39, 0.29) is 17.7 Å². The van der Waals surface area contributed by atoms with Gasteiger partial charge in [0.1, 0.15) is 35.7 Å². The summed E-state index contributed by atoms with van der Waals surface area (Å²) in [6, 6.07) is 14.9. The molecule has 0 aliphatic carbocycles. The molecule has 6 heterocycles. The maximum Gasteiger partial charge on any atom is 0.267 e. The molecule has 1 unspecified atom stereocenters. The number of aromatic nitrogens is 6. The number of H-pyrrole nitrogens is 2.